The van der Waals surface area contributed by atoms with Crippen LogP contribution < -0.4 is 0 Å². The maximum absolute atomic E-state index is 5.21. The summed E-state index contributed by atoms with van der Waals surface area (Å²) in [5.74, 6) is 3.93. The van der Waals surface area contributed by atoms with Crippen LogP contribution in [0.1, 0.15) is 0 Å². The minimum atomic E-state index is 0.648. The first-order chi connectivity index (χ1) is 51.5. The van der Waals surface area contributed by atoms with E-state index in [4.69, 9.17) is 29.9 Å². The fourth-order valence-corrected chi connectivity index (χ4v) is 16.7. The lowest BCUT2D eigenvalue weighted by molar-refractivity contribution is 1.08. The molecule has 4 heterocycles. The fraction of sp³-hybridized carbons (Fsp3) is 0. The smallest absolute Gasteiger partial charge is 0.165 e. The lowest BCUT2D eigenvalue weighted by atomic mass is 9.97. The van der Waals surface area contributed by atoms with Crippen LogP contribution in [0.25, 0.3) is 197 Å². The first kappa shape index (κ1) is 61.8. The van der Waals surface area contributed by atoms with Crippen molar-refractivity contribution < 1.29 is 0 Å². The summed E-state index contributed by atoms with van der Waals surface area (Å²) in [7, 11) is 0. The molecule has 0 aliphatic rings. The minimum absolute atomic E-state index is 0.648. The second kappa shape index (κ2) is 26.7. The first-order valence-electron chi connectivity index (χ1n) is 34.9. The molecule has 8 heteroatoms. The first-order valence-corrected chi connectivity index (χ1v) is 36.5. The van der Waals surface area contributed by atoms with Gasteiger partial charge in [0.2, 0.25) is 0 Å². The van der Waals surface area contributed by atoms with Crippen molar-refractivity contribution in [2.24, 2.45) is 0 Å². The number of hydrogen-bond donors (Lipinski definition) is 0. The molecule has 0 radical (unpaired) electrons. The largest absolute Gasteiger partial charge is 0.208 e. The van der Waals surface area contributed by atoms with Crippen molar-refractivity contribution >= 4 is 95.3 Å². The van der Waals surface area contributed by atoms with E-state index in [2.05, 4.69) is 352 Å². The van der Waals surface area contributed by atoms with Crippen molar-refractivity contribution in [3.63, 3.8) is 0 Å². The molecule has 4 aromatic heterocycles. The quantitative estimate of drug-likeness (QED) is 0.128. The van der Waals surface area contributed by atoms with Crippen LogP contribution in [-0.2, 0) is 0 Å². The molecule has 6 nitrogen and oxygen atoms in total. The van der Waals surface area contributed by atoms with Gasteiger partial charge in [0.1, 0.15) is 0 Å². The highest BCUT2D eigenvalue weighted by molar-refractivity contribution is 7.26. The second-order valence-corrected chi connectivity index (χ2v) is 28.2. The Morgan fingerprint density at radius 2 is 0.423 bits per heavy atom. The van der Waals surface area contributed by atoms with Gasteiger partial charge in [-0.25, -0.2) is 29.9 Å². The van der Waals surface area contributed by atoms with Gasteiger partial charge < -0.3 is 0 Å². The highest BCUT2D eigenvalue weighted by Crippen LogP contribution is 2.43. The third kappa shape index (κ3) is 12.0. The Labute approximate surface area is 608 Å². The summed E-state index contributed by atoms with van der Waals surface area (Å²) in [5, 5.41) is 12.0. The zero-order valence-electron chi connectivity index (χ0n) is 56.1. The van der Waals surface area contributed by atoms with Gasteiger partial charge in [0.15, 0.2) is 34.9 Å². The molecule has 0 saturated heterocycles. The van der Waals surface area contributed by atoms with Gasteiger partial charge in [-0.2, -0.15) is 0 Å². The van der Waals surface area contributed by atoms with Crippen molar-refractivity contribution in [2.75, 3.05) is 0 Å². The molecule has 0 bridgehead atoms. The van der Waals surface area contributed by atoms with Crippen molar-refractivity contribution in [1.29, 1.82) is 0 Å². The normalized spacial score (nSPS) is 11.5. The topological polar surface area (TPSA) is 77.3 Å². The lowest BCUT2D eigenvalue weighted by Crippen LogP contribution is -2.00. The Balaban J connectivity index is 0.000000143. The van der Waals surface area contributed by atoms with Crippen LogP contribution in [0.15, 0.2) is 364 Å². The van der Waals surface area contributed by atoms with E-state index in [0.717, 1.165) is 60.8 Å². The number of nitrogens with zero attached hydrogens (tertiary/aromatic N) is 6. The summed E-state index contributed by atoms with van der Waals surface area (Å²) in [4.78, 5) is 31.0. The number of aromatic nitrogens is 6. The molecule has 0 fully saturated rings. The molecule has 20 rings (SSSR count). The fourth-order valence-electron chi connectivity index (χ4n) is 14.3. The lowest BCUT2D eigenvalue weighted by Gasteiger charge is -2.11. The van der Waals surface area contributed by atoms with E-state index in [0.29, 0.717) is 34.9 Å². The summed E-state index contributed by atoms with van der Waals surface area (Å²) in [6.45, 7) is 0. The molecular weight excluding hydrogens is 1300 g/mol. The second-order valence-electron chi connectivity index (χ2n) is 26.1. The van der Waals surface area contributed by atoms with E-state index in [9.17, 15) is 0 Å². The van der Waals surface area contributed by atoms with Crippen molar-refractivity contribution in [2.45, 2.75) is 0 Å². The minimum Gasteiger partial charge on any atom is -0.208 e. The van der Waals surface area contributed by atoms with Crippen LogP contribution in [0, 0.1) is 0 Å². The Morgan fingerprint density at radius 1 is 0.154 bits per heavy atom. The number of rotatable bonds is 11. The van der Waals surface area contributed by atoms with Crippen LogP contribution in [0.3, 0.4) is 0 Å². The Hall–Kier alpha value is -13.2. The molecule has 20 aromatic rings. The molecule has 0 N–H and O–H groups in total. The maximum Gasteiger partial charge on any atom is 0.165 e. The van der Waals surface area contributed by atoms with E-state index >= 15 is 0 Å². The maximum atomic E-state index is 5.21. The van der Waals surface area contributed by atoms with Crippen molar-refractivity contribution in [1.82, 2.24) is 29.9 Å². The molecule has 104 heavy (non-hydrogen) atoms. The van der Waals surface area contributed by atoms with E-state index < -0.39 is 0 Å². The summed E-state index contributed by atoms with van der Waals surface area (Å²) in [5.41, 5.74) is 17.6. The summed E-state index contributed by atoms with van der Waals surface area (Å²) in [6, 6.07) is 129. The number of fused-ring (bicyclic) bond motifs is 9. The van der Waals surface area contributed by atoms with Gasteiger partial charge in [0.25, 0.3) is 0 Å². The molecule has 0 spiro atoms. The summed E-state index contributed by atoms with van der Waals surface area (Å²) >= 11 is 3.57. The van der Waals surface area contributed by atoms with Crippen LogP contribution in [0.4, 0.5) is 0 Å². The van der Waals surface area contributed by atoms with Gasteiger partial charge in [-0.05, 0) is 149 Å². The average molecular weight is 1360 g/mol. The van der Waals surface area contributed by atoms with Crippen molar-refractivity contribution in [3.05, 3.63) is 364 Å². The third-order valence-electron chi connectivity index (χ3n) is 19.6. The molecule has 0 unspecified atom stereocenters. The number of hydrogen-bond acceptors (Lipinski definition) is 8. The molecule has 0 aliphatic carbocycles. The average Bonchev–Trinajstić information content (AvgIpc) is 1.52. The summed E-state index contributed by atoms with van der Waals surface area (Å²) < 4.78 is 4.86. The van der Waals surface area contributed by atoms with Gasteiger partial charge in [0, 0.05) is 73.7 Å². The Kier molecular flexibility index (Phi) is 15.9. The highest BCUT2D eigenvalue weighted by atomic mass is 32.1. The standard InChI is InChI=1S/C49H31N3S.C47H29N3S/c1-3-10-32(11-4-1)34-18-20-36(21-19-34)39-28-24-37-25-29-40(31-41(37)30-39)48-50-47(38-26-22-35(23-27-38)33-12-5-2-6-13-33)51-49(52-48)44-16-9-15-43-42-14-7-8-17-45(42)53-46(43)44;1-2-10-30(11-3-1)34-14-8-15-37(27-34)45-48-46(50-47(49-45)42-18-9-17-41-40-16-6-7-19-43(40)51-44(41)42)38-25-22-32-21-24-36(28-39(32)29-38)35-23-20-31-12-4-5-13-33(31)26-35/h1-31H;1-29H. The number of benzene rings is 16. The third-order valence-corrected chi connectivity index (χ3v) is 22.1. The van der Waals surface area contributed by atoms with Gasteiger partial charge in [0.05, 0.1) is 0 Å². The molecule has 0 aliphatic heterocycles. The molecule has 0 atom stereocenters. The van der Waals surface area contributed by atoms with Gasteiger partial charge in [-0.15, -0.1) is 22.7 Å². The Bertz CT molecular complexity index is 6650. The Morgan fingerprint density at radius 3 is 0.904 bits per heavy atom. The van der Waals surface area contributed by atoms with E-state index in [1.54, 1.807) is 22.7 Å². The summed E-state index contributed by atoms with van der Waals surface area (Å²) in [6.07, 6.45) is 0. The molecule has 16 aromatic carbocycles. The van der Waals surface area contributed by atoms with Gasteiger partial charge >= 0.3 is 0 Å². The SMILES string of the molecule is c1ccc(-c2ccc(-c3ccc4ccc(-c5nc(-c6ccc(-c7ccccc7)cc6)nc(-c6cccc7c6sc6ccccc67)n5)cc4c3)cc2)cc1.c1ccc(-c2cccc(-c3nc(-c4ccc5ccc(-c6ccc7ccccc7c6)cc5c4)nc(-c4cccc5c4sc4ccccc45)n3)c2)cc1. The molecule has 486 valence electrons. The highest BCUT2D eigenvalue weighted by Gasteiger charge is 2.21. The monoisotopic (exact) mass is 1360 g/mol. The van der Waals surface area contributed by atoms with Crippen molar-refractivity contribution in [3.8, 4) is 124 Å². The predicted molar refractivity (Wildman–Crippen MR) is 438 cm³/mol. The van der Waals surface area contributed by atoms with Crippen LogP contribution >= 0.6 is 22.7 Å². The number of thiophene rings is 2. The van der Waals surface area contributed by atoms with E-state index in [-0.39, 0.29) is 0 Å². The van der Waals surface area contributed by atoms with E-state index in [1.807, 2.05) is 12.1 Å². The van der Waals surface area contributed by atoms with Crippen LogP contribution in [0.2, 0.25) is 0 Å². The molecule has 0 saturated carbocycles. The van der Waals surface area contributed by atoms with Gasteiger partial charge in [-0.3, -0.25) is 0 Å². The predicted octanol–water partition coefficient (Wildman–Crippen LogP) is 26.3. The molecular formula is C96H60N6S2. The van der Waals surface area contributed by atoms with E-state index in [1.165, 1.54) is 101 Å². The van der Waals surface area contributed by atoms with Crippen LogP contribution in [0.5, 0.6) is 0 Å². The van der Waals surface area contributed by atoms with Gasteiger partial charge in [-0.1, -0.05) is 303 Å². The zero-order valence-corrected chi connectivity index (χ0v) is 57.8. The zero-order chi connectivity index (χ0) is 68.9. The molecule has 0 amide bonds. The van der Waals surface area contributed by atoms with Crippen LogP contribution in [-0.4, -0.2) is 29.9 Å².